The Morgan fingerprint density at radius 2 is 1.76 bits per heavy atom. The maximum atomic E-state index is 13.4. The third-order valence-electron chi connectivity index (χ3n) is 6.19. The first-order valence-corrected chi connectivity index (χ1v) is 10.5. The first-order valence-electron chi connectivity index (χ1n) is 10.5. The van der Waals surface area contributed by atoms with E-state index in [1.165, 1.54) is 5.56 Å². The second-order valence-electron chi connectivity index (χ2n) is 9.22. The lowest BCUT2D eigenvalue weighted by molar-refractivity contribution is -0.121. The maximum absolute atomic E-state index is 13.4. The van der Waals surface area contributed by atoms with Crippen molar-refractivity contribution in [3.8, 4) is 0 Å². The number of allylic oxidation sites excluding steroid dienone is 2. The molecule has 2 aromatic rings. The zero-order valence-electron chi connectivity index (χ0n) is 17.8. The molecule has 29 heavy (non-hydrogen) atoms. The predicted octanol–water partition coefficient (Wildman–Crippen LogP) is 5.72. The number of amides is 1. The third kappa shape index (κ3) is 3.66. The van der Waals surface area contributed by atoms with Crippen LogP contribution >= 0.6 is 0 Å². The van der Waals surface area contributed by atoms with Gasteiger partial charge in [-0.15, -0.1) is 0 Å². The Morgan fingerprint density at radius 3 is 2.41 bits per heavy atom. The minimum atomic E-state index is -0.147. The largest absolute Gasteiger partial charge is 0.294 e. The van der Waals surface area contributed by atoms with Gasteiger partial charge in [0.1, 0.15) is 0 Å². The molecule has 2 aromatic carbocycles. The number of rotatable bonds is 3. The van der Waals surface area contributed by atoms with E-state index in [1.54, 1.807) is 0 Å². The van der Waals surface area contributed by atoms with Gasteiger partial charge in [0.15, 0.2) is 5.78 Å². The summed E-state index contributed by atoms with van der Waals surface area (Å²) in [5.41, 5.74) is 5.91. The van der Waals surface area contributed by atoms with E-state index in [0.29, 0.717) is 12.8 Å². The summed E-state index contributed by atoms with van der Waals surface area (Å²) in [7, 11) is 0. The van der Waals surface area contributed by atoms with Crippen LogP contribution in [0.1, 0.15) is 62.6 Å². The van der Waals surface area contributed by atoms with E-state index in [0.717, 1.165) is 40.9 Å². The van der Waals surface area contributed by atoms with Crippen molar-refractivity contribution >= 4 is 17.4 Å². The number of hydrogen-bond donors (Lipinski definition) is 0. The van der Waals surface area contributed by atoms with Crippen molar-refractivity contribution in [2.75, 3.05) is 4.90 Å². The van der Waals surface area contributed by atoms with Gasteiger partial charge in [-0.3, -0.25) is 14.5 Å². The molecule has 2 aliphatic rings. The second kappa shape index (κ2) is 7.29. The van der Waals surface area contributed by atoms with Gasteiger partial charge in [0.25, 0.3) is 0 Å². The van der Waals surface area contributed by atoms with E-state index in [-0.39, 0.29) is 23.0 Å². The number of aryl methyl sites for hydroxylation is 2. The van der Waals surface area contributed by atoms with Gasteiger partial charge in [-0.2, -0.15) is 0 Å². The number of carbonyl (C=O) groups is 2. The number of benzene rings is 2. The van der Waals surface area contributed by atoms with Crippen LogP contribution in [0.25, 0.3) is 0 Å². The van der Waals surface area contributed by atoms with Gasteiger partial charge in [-0.25, -0.2) is 0 Å². The lowest BCUT2D eigenvalue weighted by Gasteiger charge is -2.43. The van der Waals surface area contributed by atoms with Crippen LogP contribution in [0, 0.1) is 12.3 Å². The third-order valence-corrected chi connectivity index (χ3v) is 6.19. The number of Topliss-reactive ketones (excluding diaryl/α,β-unsaturated/α-hetero) is 1. The minimum absolute atomic E-state index is 0.0735. The second-order valence-corrected chi connectivity index (χ2v) is 9.22. The van der Waals surface area contributed by atoms with Gasteiger partial charge in [-0.1, -0.05) is 57.2 Å². The molecule has 1 heterocycles. The highest BCUT2D eigenvalue weighted by Crippen LogP contribution is 2.48. The SMILES string of the molecule is CCc1ccc(C2CC(=O)N(c3cccc(C)c3)C3=C2C(=O)CC(C)(C)C3)cc1. The van der Waals surface area contributed by atoms with Crippen molar-refractivity contribution in [1.82, 2.24) is 0 Å². The lowest BCUT2D eigenvalue weighted by atomic mass is 9.69. The molecule has 0 radical (unpaired) electrons. The van der Waals surface area contributed by atoms with Crippen LogP contribution in [-0.4, -0.2) is 11.7 Å². The number of carbonyl (C=O) groups excluding carboxylic acids is 2. The zero-order valence-corrected chi connectivity index (χ0v) is 17.8. The Kier molecular flexibility index (Phi) is 4.94. The van der Waals surface area contributed by atoms with Crippen molar-refractivity contribution < 1.29 is 9.59 Å². The Morgan fingerprint density at radius 1 is 1.03 bits per heavy atom. The summed E-state index contributed by atoms with van der Waals surface area (Å²) in [6, 6.07) is 16.4. The summed E-state index contributed by atoms with van der Waals surface area (Å²) in [6.45, 7) is 8.40. The van der Waals surface area contributed by atoms with E-state index in [2.05, 4.69) is 45.0 Å². The first-order chi connectivity index (χ1) is 13.8. The highest BCUT2D eigenvalue weighted by Gasteiger charge is 2.44. The molecule has 0 saturated carbocycles. The molecule has 0 bridgehead atoms. The van der Waals surface area contributed by atoms with Gasteiger partial charge >= 0.3 is 0 Å². The topological polar surface area (TPSA) is 37.4 Å². The van der Waals surface area contributed by atoms with E-state index in [9.17, 15) is 9.59 Å². The van der Waals surface area contributed by atoms with Crippen LogP contribution in [-0.2, 0) is 16.0 Å². The van der Waals surface area contributed by atoms with Crippen molar-refractivity contribution in [3.63, 3.8) is 0 Å². The molecule has 150 valence electrons. The molecule has 1 unspecified atom stereocenters. The molecular formula is C26H29NO2. The van der Waals surface area contributed by atoms with E-state index >= 15 is 0 Å². The molecule has 1 aliphatic heterocycles. The Labute approximate surface area is 173 Å². The molecular weight excluding hydrogens is 358 g/mol. The molecule has 3 nitrogen and oxygen atoms in total. The van der Waals surface area contributed by atoms with Crippen molar-refractivity contribution in [3.05, 3.63) is 76.5 Å². The van der Waals surface area contributed by atoms with Crippen LogP contribution in [0.2, 0.25) is 0 Å². The van der Waals surface area contributed by atoms with E-state index in [1.807, 2.05) is 36.1 Å². The average Bonchev–Trinajstić information content (AvgIpc) is 2.66. The average molecular weight is 388 g/mol. The van der Waals surface area contributed by atoms with E-state index in [4.69, 9.17) is 0 Å². The van der Waals surface area contributed by atoms with Crippen LogP contribution in [0.15, 0.2) is 59.8 Å². The van der Waals surface area contributed by atoms with Gasteiger partial charge in [0, 0.05) is 35.7 Å². The molecule has 0 aromatic heterocycles. The standard InChI is InChI=1S/C26H29NO2/c1-5-18-9-11-19(12-10-18)21-14-24(29)27(20-8-6-7-17(2)13-20)22-15-26(3,4)16-23(28)25(21)22/h6-13,21H,5,14-16H2,1-4H3. The molecule has 0 saturated heterocycles. The van der Waals surface area contributed by atoms with Crippen molar-refractivity contribution in [2.45, 2.75) is 59.3 Å². The van der Waals surface area contributed by atoms with E-state index < -0.39 is 0 Å². The molecule has 0 N–H and O–H groups in total. The summed E-state index contributed by atoms with van der Waals surface area (Å²) >= 11 is 0. The molecule has 0 spiro atoms. The van der Waals surface area contributed by atoms with Crippen LogP contribution in [0.3, 0.4) is 0 Å². The zero-order chi connectivity index (χ0) is 20.8. The normalized spacial score (nSPS) is 21.4. The number of hydrogen-bond acceptors (Lipinski definition) is 2. The molecule has 3 heteroatoms. The fraction of sp³-hybridized carbons (Fsp3) is 0.385. The highest BCUT2D eigenvalue weighted by molar-refractivity contribution is 6.07. The monoisotopic (exact) mass is 387 g/mol. The molecule has 1 atom stereocenters. The summed E-state index contributed by atoms with van der Waals surface area (Å²) in [6.07, 6.45) is 2.58. The predicted molar refractivity (Wildman–Crippen MR) is 117 cm³/mol. The fourth-order valence-electron chi connectivity index (χ4n) is 4.75. The maximum Gasteiger partial charge on any atom is 0.232 e. The summed E-state index contributed by atoms with van der Waals surface area (Å²) in [5.74, 6) is 0.114. The molecule has 0 fully saturated rings. The van der Waals surface area contributed by atoms with Crippen LogP contribution in [0.4, 0.5) is 5.69 Å². The molecule has 4 rings (SSSR count). The number of nitrogens with zero attached hydrogens (tertiary/aromatic N) is 1. The molecule has 1 aliphatic carbocycles. The highest BCUT2D eigenvalue weighted by atomic mass is 16.2. The summed E-state index contributed by atoms with van der Waals surface area (Å²) in [5, 5.41) is 0. The summed E-state index contributed by atoms with van der Waals surface area (Å²) in [4.78, 5) is 28.5. The quantitative estimate of drug-likeness (QED) is 0.675. The van der Waals surface area contributed by atoms with Crippen molar-refractivity contribution in [2.24, 2.45) is 5.41 Å². The Bertz CT molecular complexity index is 998. The van der Waals surface area contributed by atoms with Gasteiger partial charge in [-0.05, 0) is 54.0 Å². The Hall–Kier alpha value is -2.68. The van der Waals surface area contributed by atoms with Crippen molar-refractivity contribution in [1.29, 1.82) is 0 Å². The van der Waals surface area contributed by atoms with Gasteiger partial charge < -0.3 is 0 Å². The van der Waals surface area contributed by atoms with Gasteiger partial charge in [0.2, 0.25) is 5.91 Å². The Balaban J connectivity index is 1.87. The fourth-order valence-corrected chi connectivity index (χ4v) is 4.75. The minimum Gasteiger partial charge on any atom is -0.294 e. The smallest absolute Gasteiger partial charge is 0.232 e. The lowest BCUT2D eigenvalue weighted by Crippen LogP contribution is -2.43. The van der Waals surface area contributed by atoms with Crippen LogP contribution < -0.4 is 4.90 Å². The molecule has 1 amide bonds. The summed E-state index contributed by atoms with van der Waals surface area (Å²) < 4.78 is 0. The first kappa shape index (κ1) is 19.6. The van der Waals surface area contributed by atoms with Crippen LogP contribution in [0.5, 0.6) is 0 Å². The number of anilines is 1. The number of ketones is 1. The van der Waals surface area contributed by atoms with Gasteiger partial charge in [0.05, 0.1) is 0 Å².